The fourth-order valence-electron chi connectivity index (χ4n) is 1.57. The Bertz CT molecular complexity index is 378. The van der Waals surface area contributed by atoms with Crippen molar-refractivity contribution in [3.63, 3.8) is 0 Å². The highest BCUT2D eigenvalue weighted by Crippen LogP contribution is 2.31. The number of rotatable bonds is 5. The molecule has 0 aliphatic rings. The summed E-state index contributed by atoms with van der Waals surface area (Å²) in [7, 11) is 1.46. The number of benzene rings is 1. The van der Waals surface area contributed by atoms with Crippen molar-refractivity contribution in [3.8, 4) is 11.5 Å². The second kappa shape index (κ2) is 5.37. The van der Waals surface area contributed by atoms with Gasteiger partial charge in [0.1, 0.15) is 11.5 Å². The first-order chi connectivity index (χ1) is 7.58. The summed E-state index contributed by atoms with van der Waals surface area (Å²) in [5.41, 5.74) is 6.23. The highest BCUT2D eigenvalue weighted by atomic mass is 16.5. The lowest BCUT2D eigenvalue weighted by atomic mass is 9.95. The Morgan fingerprint density at radius 3 is 2.75 bits per heavy atom. The third-order valence-corrected chi connectivity index (χ3v) is 2.36. The number of methoxy groups -OCH3 is 1. The molecule has 1 unspecified atom stereocenters. The maximum absolute atomic E-state index is 10.7. The van der Waals surface area contributed by atoms with E-state index in [-0.39, 0.29) is 24.6 Å². The molecule has 0 fully saturated rings. The summed E-state index contributed by atoms with van der Waals surface area (Å²) < 4.78 is 5.08. The van der Waals surface area contributed by atoms with Crippen molar-refractivity contribution in [1.29, 1.82) is 0 Å². The lowest BCUT2D eigenvalue weighted by Gasteiger charge is -2.16. The van der Waals surface area contributed by atoms with Crippen LogP contribution in [0.4, 0.5) is 0 Å². The van der Waals surface area contributed by atoms with E-state index in [1.54, 1.807) is 6.07 Å². The fraction of sp³-hybridized carbons (Fsp3) is 0.364. The van der Waals surface area contributed by atoms with Gasteiger partial charge in [-0.15, -0.1) is 0 Å². The average Bonchev–Trinajstić information content (AvgIpc) is 2.25. The molecule has 0 bridgehead atoms. The number of carbonyl (C=O) groups is 1. The molecule has 0 amide bonds. The van der Waals surface area contributed by atoms with E-state index >= 15 is 0 Å². The number of carboxylic acid groups (broad SMARTS) is 1. The smallest absolute Gasteiger partial charge is 0.304 e. The molecule has 5 nitrogen and oxygen atoms in total. The van der Waals surface area contributed by atoms with Crippen LogP contribution in [-0.4, -0.2) is 29.8 Å². The first kappa shape index (κ1) is 12.3. The standard InChI is InChI=1S/C11H15NO4/c1-16-10-5-8(13)2-3-9(10)7(6-12)4-11(14)15/h2-3,5,7,13H,4,6,12H2,1H3,(H,14,15). The molecule has 1 rings (SSSR count). The van der Waals surface area contributed by atoms with E-state index in [1.807, 2.05) is 0 Å². The van der Waals surface area contributed by atoms with Gasteiger partial charge in [0, 0.05) is 12.0 Å². The van der Waals surface area contributed by atoms with Crippen molar-refractivity contribution in [1.82, 2.24) is 0 Å². The van der Waals surface area contributed by atoms with Gasteiger partial charge in [-0.1, -0.05) is 6.07 Å². The van der Waals surface area contributed by atoms with E-state index < -0.39 is 5.97 Å². The van der Waals surface area contributed by atoms with Gasteiger partial charge in [-0.3, -0.25) is 4.79 Å². The lowest BCUT2D eigenvalue weighted by molar-refractivity contribution is -0.137. The SMILES string of the molecule is COc1cc(O)ccc1C(CN)CC(=O)O. The van der Waals surface area contributed by atoms with Crippen LogP contribution in [0.3, 0.4) is 0 Å². The topological polar surface area (TPSA) is 92.8 Å². The molecule has 1 atom stereocenters. The Morgan fingerprint density at radius 1 is 1.56 bits per heavy atom. The summed E-state index contributed by atoms with van der Waals surface area (Å²) >= 11 is 0. The predicted molar refractivity (Wildman–Crippen MR) is 58.7 cm³/mol. The normalized spacial score (nSPS) is 12.1. The van der Waals surface area contributed by atoms with Crippen molar-refractivity contribution in [2.24, 2.45) is 5.73 Å². The van der Waals surface area contributed by atoms with Gasteiger partial charge in [-0.25, -0.2) is 0 Å². The van der Waals surface area contributed by atoms with Gasteiger partial charge in [-0.05, 0) is 18.2 Å². The minimum absolute atomic E-state index is 0.0579. The van der Waals surface area contributed by atoms with Gasteiger partial charge in [-0.2, -0.15) is 0 Å². The second-order valence-corrected chi connectivity index (χ2v) is 3.46. The van der Waals surface area contributed by atoms with Crippen molar-refractivity contribution in [3.05, 3.63) is 23.8 Å². The molecule has 0 heterocycles. The second-order valence-electron chi connectivity index (χ2n) is 3.46. The quantitative estimate of drug-likeness (QED) is 0.692. The number of hydrogen-bond donors (Lipinski definition) is 3. The number of carboxylic acids is 1. The molecule has 1 aromatic rings. The van der Waals surface area contributed by atoms with Crippen LogP contribution in [0.5, 0.6) is 11.5 Å². The summed E-state index contributed by atoms with van der Waals surface area (Å²) in [5.74, 6) is -0.693. The molecule has 4 N–H and O–H groups in total. The molecular weight excluding hydrogens is 210 g/mol. The summed E-state index contributed by atoms with van der Waals surface area (Å²) in [4.78, 5) is 10.7. The highest BCUT2D eigenvalue weighted by molar-refractivity contribution is 5.68. The number of nitrogens with two attached hydrogens (primary N) is 1. The van der Waals surface area contributed by atoms with Crippen LogP contribution in [-0.2, 0) is 4.79 Å². The van der Waals surface area contributed by atoms with Gasteiger partial charge >= 0.3 is 5.97 Å². The molecule has 88 valence electrons. The van der Waals surface area contributed by atoms with Crippen molar-refractivity contribution in [2.45, 2.75) is 12.3 Å². The molecule has 5 heteroatoms. The molecule has 1 aromatic carbocycles. The Morgan fingerprint density at radius 2 is 2.25 bits per heavy atom. The number of aromatic hydroxyl groups is 1. The van der Waals surface area contributed by atoms with E-state index in [9.17, 15) is 9.90 Å². The first-order valence-corrected chi connectivity index (χ1v) is 4.87. The van der Waals surface area contributed by atoms with E-state index in [0.29, 0.717) is 11.3 Å². The number of aliphatic carboxylic acids is 1. The van der Waals surface area contributed by atoms with Crippen LogP contribution in [0.25, 0.3) is 0 Å². The summed E-state index contributed by atoms with van der Waals surface area (Å²) in [6.07, 6.45) is -0.0579. The largest absolute Gasteiger partial charge is 0.508 e. The van der Waals surface area contributed by atoms with Gasteiger partial charge in [0.15, 0.2) is 0 Å². The van der Waals surface area contributed by atoms with Gasteiger partial charge in [0.2, 0.25) is 0 Å². The number of hydrogen-bond acceptors (Lipinski definition) is 4. The highest BCUT2D eigenvalue weighted by Gasteiger charge is 2.18. The zero-order valence-corrected chi connectivity index (χ0v) is 9.01. The van der Waals surface area contributed by atoms with Crippen molar-refractivity contribution in [2.75, 3.05) is 13.7 Å². The molecule has 0 saturated heterocycles. The summed E-state index contributed by atoms with van der Waals surface area (Å²) in [6.45, 7) is 0.216. The van der Waals surface area contributed by atoms with Gasteiger partial charge < -0.3 is 20.7 Å². The van der Waals surface area contributed by atoms with Crippen LogP contribution >= 0.6 is 0 Å². The fourth-order valence-corrected chi connectivity index (χ4v) is 1.57. The molecule has 0 radical (unpaired) electrons. The molecular formula is C11H15NO4. The van der Waals surface area contributed by atoms with E-state index in [4.69, 9.17) is 15.6 Å². The minimum atomic E-state index is -0.912. The van der Waals surface area contributed by atoms with Crippen LogP contribution in [0.2, 0.25) is 0 Å². The summed E-state index contributed by atoms with van der Waals surface area (Å²) in [5, 5.41) is 18.0. The average molecular weight is 225 g/mol. The van der Waals surface area contributed by atoms with E-state index in [0.717, 1.165) is 0 Å². The lowest BCUT2D eigenvalue weighted by Crippen LogP contribution is -2.17. The molecule has 0 aromatic heterocycles. The Hall–Kier alpha value is -1.75. The zero-order chi connectivity index (χ0) is 12.1. The summed E-state index contributed by atoms with van der Waals surface area (Å²) in [6, 6.07) is 4.57. The number of phenolic OH excluding ortho intramolecular Hbond substituents is 1. The maximum atomic E-state index is 10.7. The van der Waals surface area contributed by atoms with Gasteiger partial charge in [0.25, 0.3) is 0 Å². The monoisotopic (exact) mass is 225 g/mol. The van der Waals surface area contributed by atoms with Gasteiger partial charge in [0.05, 0.1) is 13.5 Å². The van der Waals surface area contributed by atoms with Crippen LogP contribution in [0.15, 0.2) is 18.2 Å². The number of phenols is 1. The molecule has 0 aliphatic carbocycles. The Kier molecular flexibility index (Phi) is 4.13. The minimum Gasteiger partial charge on any atom is -0.508 e. The van der Waals surface area contributed by atoms with Crippen molar-refractivity contribution >= 4 is 5.97 Å². The van der Waals surface area contributed by atoms with E-state index in [2.05, 4.69) is 0 Å². The molecule has 0 saturated carbocycles. The zero-order valence-electron chi connectivity index (χ0n) is 9.01. The number of ether oxygens (including phenoxy) is 1. The van der Waals surface area contributed by atoms with Crippen LogP contribution in [0.1, 0.15) is 17.9 Å². The van der Waals surface area contributed by atoms with Crippen LogP contribution in [0, 0.1) is 0 Å². The van der Waals surface area contributed by atoms with Crippen LogP contribution < -0.4 is 10.5 Å². The molecule has 0 spiro atoms. The third-order valence-electron chi connectivity index (χ3n) is 2.36. The Balaban J connectivity index is 3.03. The molecule has 0 aliphatic heterocycles. The maximum Gasteiger partial charge on any atom is 0.304 e. The van der Waals surface area contributed by atoms with Crippen molar-refractivity contribution < 1.29 is 19.7 Å². The Labute approximate surface area is 93.5 Å². The predicted octanol–water partition coefficient (Wildman–Crippen LogP) is 0.918. The van der Waals surface area contributed by atoms with E-state index in [1.165, 1.54) is 19.2 Å². The third kappa shape index (κ3) is 2.87. The first-order valence-electron chi connectivity index (χ1n) is 4.87. The molecule has 16 heavy (non-hydrogen) atoms.